The number of hydrogen-bond acceptors (Lipinski definition) is 1. The van der Waals surface area contributed by atoms with Gasteiger partial charge in [0.25, 0.3) is 0 Å². The van der Waals surface area contributed by atoms with E-state index in [0.717, 1.165) is 32.9 Å². The zero-order chi connectivity index (χ0) is 15.9. The number of hydrogen-bond donors (Lipinski definition) is 1. The molecular weight excluding hydrogens is 385 g/mol. The van der Waals surface area contributed by atoms with Gasteiger partial charge in [-0.1, -0.05) is 39.1 Å². The number of carbonyl (C=O) groups is 1. The van der Waals surface area contributed by atoms with E-state index in [1.807, 2.05) is 6.07 Å². The van der Waals surface area contributed by atoms with Gasteiger partial charge < -0.3 is 4.98 Å². The standard InChI is InChI=1S/C17H12BrCl2NO/c1-9-4-11(18)5-16-13(9)6-12(21-16)7-14-15(19)3-2-10(8-22)17(14)20/h2-6,8,21H,7H2,1H3. The zero-order valence-electron chi connectivity index (χ0n) is 11.7. The summed E-state index contributed by atoms with van der Waals surface area (Å²) < 4.78 is 1.03. The third-order valence-electron chi connectivity index (χ3n) is 3.68. The van der Waals surface area contributed by atoms with Crippen molar-refractivity contribution in [3.63, 3.8) is 0 Å². The summed E-state index contributed by atoms with van der Waals surface area (Å²) in [4.78, 5) is 14.4. The summed E-state index contributed by atoms with van der Waals surface area (Å²) in [6.07, 6.45) is 1.29. The highest BCUT2D eigenvalue weighted by Crippen LogP contribution is 2.31. The van der Waals surface area contributed by atoms with Crippen molar-refractivity contribution in [2.75, 3.05) is 0 Å². The molecule has 0 radical (unpaired) electrons. The van der Waals surface area contributed by atoms with Gasteiger partial charge in [-0.3, -0.25) is 4.79 Å². The van der Waals surface area contributed by atoms with Crippen molar-refractivity contribution in [1.82, 2.24) is 4.98 Å². The highest BCUT2D eigenvalue weighted by Gasteiger charge is 2.13. The normalized spacial score (nSPS) is 11.1. The van der Waals surface area contributed by atoms with Gasteiger partial charge in [0.15, 0.2) is 6.29 Å². The maximum Gasteiger partial charge on any atom is 0.151 e. The molecule has 1 N–H and O–H groups in total. The Morgan fingerprint density at radius 3 is 2.73 bits per heavy atom. The number of halogens is 3. The van der Waals surface area contributed by atoms with Crippen LogP contribution in [-0.4, -0.2) is 11.3 Å². The Morgan fingerprint density at radius 1 is 1.23 bits per heavy atom. The van der Waals surface area contributed by atoms with Gasteiger partial charge in [-0.05, 0) is 48.4 Å². The van der Waals surface area contributed by atoms with Gasteiger partial charge in [0.1, 0.15) is 0 Å². The SMILES string of the molecule is Cc1cc(Br)cc2[nH]c(Cc3c(Cl)ccc(C=O)c3Cl)cc12. The molecule has 2 aromatic carbocycles. The monoisotopic (exact) mass is 395 g/mol. The van der Waals surface area contributed by atoms with Gasteiger partial charge in [0.05, 0.1) is 5.02 Å². The van der Waals surface area contributed by atoms with Crippen LogP contribution < -0.4 is 0 Å². The predicted molar refractivity (Wildman–Crippen MR) is 95.4 cm³/mol. The van der Waals surface area contributed by atoms with Crippen molar-refractivity contribution >= 4 is 56.3 Å². The third-order valence-corrected chi connectivity index (χ3v) is 4.93. The van der Waals surface area contributed by atoms with Crippen LogP contribution in [0, 0.1) is 6.92 Å². The van der Waals surface area contributed by atoms with Crippen LogP contribution in [0.4, 0.5) is 0 Å². The number of fused-ring (bicyclic) bond motifs is 1. The van der Waals surface area contributed by atoms with E-state index in [2.05, 4.69) is 40.0 Å². The van der Waals surface area contributed by atoms with Crippen molar-refractivity contribution in [2.45, 2.75) is 13.3 Å². The largest absolute Gasteiger partial charge is 0.358 e. The van der Waals surface area contributed by atoms with E-state index in [1.54, 1.807) is 12.1 Å². The first-order chi connectivity index (χ1) is 10.5. The van der Waals surface area contributed by atoms with E-state index in [-0.39, 0.29) is 0 Å². The van der Waals surface area contributed by atoms with Gasteiger partial charge in [0.2, 0.25) is 0 Å². The molecule has 22 heavy (non-hydrogen) atoms. The fourth-order valence-corrected chi connectivity index (χ4v) is 3.71. The number of carbonyl (C=O) groups excluding carboxylic acids is 1. The molecular formula is C17H12BrCl2NO. The van der Waals surface area contributed by atoms with Crippen molar-refractivity contribution in [3.8, 4) is 0 Å². The summed E-state index contributed by atoms with van der Waals surface area (Å²) in [5, 5.41) is 2.14. The molecule has 0 aliphatic carbocycles. The molecule has 5 heteroatoms. The van der Waals surface area contributed by atoms with Crippen LogP contribution in [0.5, 0.6) is 0 Å². The number of H-pyrrole nitrogens is 1. The Bertz CT molecular complexity index is 886. The Hall–Kier alpha value is -1.29. The van der Waals surface area contributed by atoms with Gasteiger partial charge in [0, 0.05) is 38.1 Å². The summed E-state index contributed by atoms with van der Waals surface area (Å²) in [5.74, 6) is 0. The van der Waals surface area contributed by atoms with Gasteiger partial charge in [-0.2, -0.15) is 0 Å². The van der Waals surface area contributed by atoms with Crippen LogP contribution in [0.25, 0.3) is 10.9 Å². The van der Waals surface area contributed by atoms with Crippen molar-refractivity contribution < 1.29 is 4.79 Å². The quantitative estimate of drug-likeness (QED) is 0.545. The van der Waals surface area contributed by atoms with E-state index in [9.17, 15) is 4.79 Å². The molecule has 112 valence electrons. The van der Waals surface area contributed by atoms with Crippen LogP contribution in [0.3, 0.4) is 0 Å². The first-order valence-corrected chi connectivity index (χ1v) is 8.24. The molecule has 0 fully saturated rings. The fraction of sp³-hybridized carbons (Fsp3) is 0.118. The third kappa shape index (κ3) is 2.81. The molecule has 0 saturated carbocycles. The van der Waals surface area contributed by atoms with Crippen LogP contribution >= 0.6 is 39.1 Å². The number of aryl methyl sites for hydroxylation is 1. The van der Waals surface area contributed by atoms with Gasteiger partial charge in [-0.15, -0.1) is 0 Å². The number of nitrogens with one attached hydrogen (secondary N) is 1. The molecule has 0 bridgehead atoms. The summed E-state index contributed by atoms with van der Waals surface area (Å²) in [6, 6.07) is 9.55. The molecule has 1 aromatic heterocycles. The molecule has 0 unspecified atom stereocenters. The zero-order valence-corrected chi connectivity index (χ0v) is 14.8. The van der Waals surface area contributed by atoms with Crippen molar-refractivity contribution in [3.05, 3.63) is 67.2 Å². The summed E-state index contributed by atoms with van der Waals surface area (Å²) in [7, 11) is 0. The molecule has 2 nitrogen and oxygen atoms in total. The number of aromatic nitrogens is 1. The van der Waals surface area contributed by atoms with Crippen LogP contribution in [0.1, 0.15) is 27.2 Å². The first kappa shape index (κ1) is 15.6. The second-order valence-corrected chi connectivity index (χ2v) is 6.90. The molecule has 0 atom stereocenters. The summed E-state index contributed by atoms with van der Waals surface area (Å²) >= 11 is 16.0. The number of benzene rings is 2. The molecule has 0 aliphatic heterocycles. The van der Waals surface area contributed by atoms with Crippen LogP contribution in [0.2, 0.25) is 10.0 Å². The van der Waals surface area contributed by atoms with Gasteiger partial charge >= 0.3 is 0 Å². The fourth-order valence-electron chi connectivity index (χ4n) is 2.59. The van der Waals surface area contributed by atoms with E-state index < -0.39 is 0 Å². The molecule has 3 aromatic rings. The summed E-state index contributed by atoms with van der Waals surface area (Å²) in [6.45, 7) is 2.07. The molecule has 1 heterocycles. The maximum atomic E-state index is 11.0. The van der Waals surface area contributed by atoms with Crippen LogP contribution in [-0.2, 0) is 6.42 Å². The maximum absolute atomic E-state index is 11.0. The lowest BCUT2D eigenvalue weighted by Gasteiger charge is -2.07. The van der Waals surface area contributed by atoms with Crippen molar-refractivity contribution in [1.29, 1.82) is 0 Å². The number of aldehydes is 1. The molecule has 0 saturated heterocycles. The Morgan fingerprint density at radius 2 is 2.00 bits per heavy atom. The molecule has 0 amide bonds. The van der Waals surface area contributed by atoms with Gasteiger partial charge in [-0.25, -0.2) is 0 Å². The molecule has 0 aliphatic rings. The smallest absolute Gasteiger partial charge is 0.151 e. The average Bonchev–Trinajstić information content (AvgIpc) is 2.86. The summed E-state index contributed by atoms with van der Waals surface area (Å²) in [5.41, 5.74) is 4.46. The predicted octanol–water partition coefficient (Wildman–Crippen LogP) is 5.95. The van der Waals surface area contributed by atoms with Crippen LogP contribution in [0.15, 0.2) is 34.8 Å². The average molecular weight is 397 g/mol. The van der Waals surface area contributed by atoms with Crippen molar-refractivity contribution in [2.24, 2.45) is 0 Å². The highest BCUT2D eigenvalue weighted by molar-refractivity contribution is 9.10. The Labute approximate surface area is 146 Å². The van der Waals surface area contributed by atoms with E-state index >= 15 is 0 Å². The lowest BCUT2D eigenvalue weighted by atomic mass is 10.1. The highest BCUT2D eigenvalue weighted by atomic mass is 79.9. The molecule has 3 rings (SSSR count). The second-order valence-electron chi connectivity index (χ2n) is 5.20. The topological polar surface area (TPSA) is 32.9 Å². The first-order valence-electron chi connectivity index (χ1n) is 6.69. The Kier molecular flexibility index (Phi) is 4.31. The lowest BCUT2D eigenvalue weighted by molar-refractivity contribution is 0.112. The van der Waals surface area contributed by atoms with E-state index in [4.69, 9.17) is 23.2 Å². The second kappa shape index (κ2) is 6.07. The molecule has 0 spiro atoms. The number of rotatable bonds is 3. The lowest BCUT2D eigenvalue weighted by Crippen LogP contribution is -1.94. The van der Waals surface area contributed by atoms with E-state index in [1.165, 1.54) is 5.56 Å². The minimum absolute atomic E-state index is 0.416. The minimum Gasteiger partial charge on any atom is -0.358 e. The minimum atomic E-state index is 0.416. The number of aromatic amines is 1. The Balaban J connectivity index is 2.07. The van der Waals surface area contributed by atoms with E-state index in [0.29, 0.717) is 22.0 Å².